The van der Waals surface area contributed by atoms with E-state index in [2.05, 4.69) is 10.4 Å². The minimum Gasteiger partial charge on any atom is -0.319 e. The summed E-state index contributed by atoms with van der Waals surface area (Å²) in [7, 11) is -1.18. The van der Waals surface area contributed by atoms with Gasteiger partial charge in [0.05, 0.1) is 22.7 Å². The van der Waals surface area contributed by atoms with Crippen LogP contribution in [0.25, 0.3) is 0 Å². The molecule has 0 aliphatic carbocycles. The maximum absolute atomic E-state index is 12.1. The van der Waals surface area contributed by atoms with Crippen molar-refractivity contribution < 1.29 is 8.42 Å². The van der Waals surface area contributed by atoms with E-state index in [1.54, 1.807) is 20.8 Å². The number of hydrogen-bond donors (Lipinski definition) is 1. The lowest BCUT2D eigenvalue weighted by Crippen LogP contribution is -2.32. The van der Waals surface area contributed by atoms with Gasteiger partial charge >= 0.3 is 0 Å². The summed E-state index contributed by atoms with van der Waals surface area (Å²) in [5.74, 6) is 0.129. The van der Waals surface area contributed by atoms with E-state index < -0.39 is 14.6 Å². The van der Waals surface area contributed by atoms with E-state index in [0.29, 0.717) is 6.54 Å². The molecule has 0 spiro atoms. The molecule has 0 aliphatic heterocycles. The van der Waals surface area contributed by atoms with Crippen molar-refractivity contribution in [1.29, 1.82) is 0 Å². The predicted octanol–water partition coefficient (Wildman–Crippen LogP) is 1.48. The van der Waals surface area contributed by atoms with Crippen LogP contribution in [0.3, 0.4) is 0 Å². The van der Waals surface area contributed by atoms with Gasteiger partial charge in [-0.25, -0.2) is 8.42 Å². The summed E-state index contributed by atoms with van der Waals surface area (Å²) < 4.78 is 25.4. The monoisotopic (exact) mass is 301 g/mol. The SMILES string of the molecule is CNCCc1c(C)nn(CCS(=O)(=O)C(C)(C)C)c1C. The molecule has 0 unspecified atom stereocenters. The first kappa shape index (κ1) is 17.2. The zero-order valence-corrected chi connectivity index (χ0v) is 14.3. The zero-order chi connectivity index (χ0) is 15.6. The van der Waals surface area contributed by atoms with Gasteiger partial charge in [-0.15, -0.1) is 0 Å². The van der Waals surface area contributed by atoms with E-state index in [-0.39, 0.29) is 5.75 Å². The molecule has 0 aromatic carbocycles. The van der Waals surface area contributed by atoms with E-state index in [1.807, 2.05) is 25.6 Å². The average Bonchev–Trinajstić information content (AvgIpc) is 2.58. The molecular formula is C14H27N3O2S. The fourth-order valence-corrected chi connectivity index (χ4v) is 3.10. The molecule has 0 bridgehead atoms. The summed E-state index contributed by atoms with van der Waals surface area (Å²) in [5.41, 5.74) is 3.28. The molecule has 0 fully saturated rings. The van der Waals surface area contributed by atoms with Gasteiger partial charge in [-0.05, 0) is 60.2 Å². The number of hydrogen-bond acceptors (Lipinski definition) is 4. The largest absolute Gasteiger partial charge is 0.319 e. The van der Waals surface area contributed by atoms with E-state index in [1.165, 1.54) is 5.56 Å². The molecular weight excluding hydrogens is 274 g/mol. The fraction of sp³-hybridized carbons (Fsp3) is 0.786. The minimum atomic E-state index is -3.11. The lowest BCUT2D eigenvalue weighted by Gasteiger charge is -2.19. The van der Waals surface area contributed by atoms with Crippen molar-refractivity contribution in [2.75, 3.05) is 19.3 Å². The molecule has 0 saturated carbocycles. The van der Waals surface area contributed by atoms with E-state index in [9.17, 15) is 8.42 Å². The van der Waals surface area contributed by atoms with Crippen molar-refractivity contribution in [3.63, 3.8) is 0 Å². The Hall–Kier alpha value is -0.880. The number of sulfone groups is 1. The van der Waals surface area contributed by atoms with Crippen LogP contribution >= 0.6 is 0 Å². The van der Waals surface area contributed by atoms with Crippen LogP contribution in [-0.4, -0.2) is 42.3 Å². The van der Waals surface area contributed by atoms with Gasteiger partial charge in [0.25, 0.3) is 0 Å². The minimum absolute atomic E-state index is 0.129. The number of rotatable bonds is 6. The second kappa shape index (κ2) is 6.26. The third-order valence-corrected chi connectivity index (χ3v) is 6.25. The normalized spacial score (nSPS) is 12.9. The van der Waals surface area contributed by atoms with Gasteiger partial charge in [-0.1, -0.05) is 0 Å². The fourth-order valence-electron chi connectivity index (χ4n) is 2.08. The number of nitrogens with zero attached hydrogens (tertiary/aromatic N) is 2. The number of likely N-dealkylation sites (N-methyl/N-ethyl adjacent to an activating group) is 1. The molecule has 0 atom stereocenters. The molecule has 20 heavy (non-hydrogen) atoms. The topological polar surface area (TPSA) is 64.0 Å². The van der Waals surface area contributed by atoms with Crippen LogP contribution in [0.5, 0.6) is 0 Å². The molecule has 1 rings (SSSR count). The van der Waals surface area contributed by atoms with Crippen LogP contribution in [-0.2, 0) is 22.8 Å². The van der Waals surface area contributed by atoms with Gasteiger partial charge in [0, 0.05) is 5.69 Å². The lowest BCUT2D eigenvalue weighted by molar-refractivity contribution is 0.545. The highest BCUT2D eigenvalue weighted by Gasteiger charge is 2.28. The van der Waals surface area contributed by atoms with E-state index in [0.717, 1.165) is 24.4 Å². The molecule has 5 nitrogen and oxygen atoms in total. The second-order valence-corrected chi connectivity index (χ2v) is 9.02. The van der Waals surface area contributed by atoms with Gasteiger partial charge in [-0.3, -0.25) is 4.68 Å². The number of aromatic nitrogens is 2. The summed E-state index contributed by atoms with van der Waals surface area (Å²) in [6.07, 6.45) is 0.917. The third kappa shape index (κ3) is 3.82. The first-order valence-electron chi connectivity index (χ1n) is 7.00. The molecule has 0 aliphatic rings. The zero-order valence-electron chi connectivity index (χ0n) is 13.4. The molecule has 1 N–H and O–H groups in total. The third-order valence-electron chi connectivity index (χ3n) is 3.66. The van der Waals surface area contributed by atoms with Gasteiger partial charge in [0.2, 0.25) is 0 Å². The van der Waals surface area contributed by atoms with Crippen LogP contribution in [0.1, 0.15) is 37.7 Å². The highest BCUT2D eigenvalue weighted by Crippen LogP contribution is 2.18. The second-order valence-electron chi connectivity index (χ2n) is 6.16. The molecule has 1 heterocycles. The van der Waals surface area contributed by atoms with Crippen molar-refractivity contribution in [3.8, 4) is 0 Å². The smallest absolute Gasteiger partial charge is 0.157 e. The first-order valence-corrected chi connectivity index (χ1v) is 8.65. The Morgan fingerprint density at radius 1 is 1.25 bits per heavy atom. The summed E-state index contributed by atoms with van der Waals surface area (Å²) in [6, 6.07) is 0. The highest BCUT2D eigenvalue weighted by atomic mass is 32.2. The number of nitrogens with one attached hydrogen (secondary N) is 1. The van der Waals surface area contributed by atoms with Crippen LogP contribution < -0.4 is 5.32 Å². The Kier molecular flexibility index (Phi) is 5.38. The average molecular weight is 301 g/mol. The molecule has 1 aromatic rings. The van der Waals surface area contributed by atoms with Crippen molar-refractivity contribution in [3.05, 3.63) is 17.0 Å². The number of aryl methyl sites for hydroxylation is 2. The maximum atomic E-state index is 12.1. The lowest BCUT2D eigenvalue weighted by atomic mass is 10.1. The van der Waals surface area contributed by atoms with Crippen molar-refractivity contribution in [1.82, 2.24) is 15.1 Å². The van der Waals surface area contributed by atoms with Gasteiger partial charge < -0.3 is 5.32 Å². The van der Waals surface area contributed by atoms with Crippen LogP contribution in [0.4, 0.5) is 0 Å². The maximum Gasteiger partial charge on any atom is 0.157 e. The summed E-state index contributed by atoms with van der Waals surface area (Å²) >= 11 is 0. The molecule has 0 amide bonds. The Morgan fingerprint density at radius 2 is 1.85 bits per heavy atom. The Bertz CT molecular complexity index is 554. The molecule has 116 valence electrons. The summed E-state index contributed by atoms with van der Waals surface area (Å²) in [4.78, 5) is 0. The van der Waals surface area contributed by atoms with Crippen molar-refractivity contribution >= 4 is 9.84 Å². The molecule has 1 aromatic heterocycles. The van der Waals surface area contributed by atoms with Crippen molar-refractivity contribution in [2.45, 2.75) is 52.3 Å². The Labute approximate surface area is 122 Å². The van der Waals surface area contributed by atoms with Gasteiger partial charge in [0.15, 0.2) is 9.84 Å². The molecule has 0 radical (unpaired) electrons. The first-order chi connectivity index (χ1) is 9.10. The highest BCUT2D eigenvalue weighted by molar-refractivity contribution is 7.92. The van der Waals surface area contributed by atoms with Crippen LogP contribution in [0.15, 0.2) is 0 Å². The molecule has 6 heteroatoms. The van der Waals surface area contributed by atoms with Gasteiger partial charge in [0.1, 0.15) is 0 Å². The van der Waals surface area contributed by atoms with Crippen LogP contribution in [0, 0.1) is 13.8 Å². The molecule has 0 saturated heterocycles. The summed E-state index contributed by atoms with van der Waals surface area (Å²) in [6.45, 7) is 10.5. The van der Waals surface area contributed by atoms with Gasteiger partial charge in [-0.2, -0.15) is 5.10 Å². The van der Waals surface area contributed by atoms with E-state index >= 15 is 0 Å². The quantitative estimate of drug-likeness (QED) is 0.864. The van der Waals surface area contributed by atoms with E-state index in [4.69, 9.17) is 0 Å². The summed E-state index contributed by atoms with van der Waals surface area (Å²) in [5, 5.41) is 7.60. The Morgan fingerprint density at radius 3 is 2.35 bits per heavy atom. The van der Waals surface area contributed by atoms with Crippen LogP contribution in [0.2, 0.25) is 0 Å². The van der Waals surface area contributed by atoms with Crippen molar-refractivity contribution in [2.24, 2.45) is 0 Å². The Balaban J connectivity index is 2.85. The predicted molar refractivity (Wildman–Crippen MR) is 82.9 cm³/mol. The standard InChI is InChI=1S/C14H27N3O2S/c1-11-13(7-8-15-6)12(2)17(16-11)9-10-20(18,19)14(3,4)5/h15H,7-10H2,1-6H3.